The molecular weight excluding hydrogens is 360 g/mol. The average molecular weight is 393 g/mol. The van der Waals surface area contributed by atoms with Crippen LogP contribution in [0.25, 0.3) is 5.57 Å². The number of hydrogen-bond acceptors (Lipinski definition) is 0. The molecule has 0 saturated carbocycles. The summed E-state index contributed by atoms with van der Waals surface area (Å²) in [5.74, 6) is 0. The van der Waals surface area contributed by atoms with Crippen molar-refractivity contribution in [1.82, 2.24) is 0 Å². The van der Waals surface area contributed by atoms with Crippen LogP contribution in [0.3, 0.4) is 0 Å². The van der Waals surface area contributed by atoms with Crippen LogP contribution in [0, 0.1) is 6.92 Å². The Hall–Kier alpha value is -2.60. The fourth-order valence-electron chi connectivity index (χ4n) is 5.95. The first-order chi connectivity index (χ1) is 14.8. The van der Waals surface area contributed by atoms with Crippen LogP contribution in [-0.2, 0) is 5.41 Å². The van der Waals surface area contributed by atoms with Gasteiger partial charge in [0.15, 0.2) is 0 Å². The number of aryl methyl sites for hydroxylation is 1. The quantitative estimate of drug-likeness (QED) is 0.412. The van der Waals surface area contributed by atoms with Crippen molar-refractivity contribution < 1.29 is 0 Å². The predicted molar refractivity (Wildman–Crippen MR) is 128 cm³/mol. The van der Waals surface area contributed by atoms with Crippen LogP contribution in [0.1, 0.15) is 79.2 Å². The lowest BCUT2D eigenvalue weighted by Gasteiger charge is -2.36. The van der Waals surface area contributed by atoms with Crippen molar-refractivity contribution in [1.29, 1.82) is 0 Å². The Morgan fingerprint density at radius 3 is 2.07 bits per heavy atom. The molecule has 0 spiro atoms. The van der Waals surface area contributed by atoms with E-state index in [4.69, 9.17) is 0 Å². The summed E-state index contributed by atoms with van der Waals surface area (Å²) in [5.41, 5.74) is 10.3. The highest BCUT2D eigenvalue weighted by molar-refractivity contribution is 5.85. The molecule has 0 heteroatoms. The van der Waals surface area contributed by atoms with Gasteiger partial charge in [-0.1, -0.05) is 110 Å². The summed E-state index contributed by atoms with van der Waals surface area (Å²) in [7, 11) is 0. The summed E-state index contributed by atoms with van der Waals surface area (Å²) in [6.07, 6.45) is 10.5. The lowest BCUT2D eigenvalue weighted by Crippen LogP contribution is -2.30. The number of rotatable bonds is 2. The monoisotopic (exact) mass is 392 g/mol. The third-order valence-corrected chi connectivity index (χ3v) is 7.23. The number of allylic oxidation sites excluding steroid dienone is 2. The van der Waals surface area contributed by atoms with Gasteiger partial charge in [-0.15, -0.1) is 0 Å². The van der Waals surface area contributed by atoms with E-state index in [-0.39, 0.29) is 5.41 Å². The summed E-state index contributed by atoms with van der Waals surface area (Å²) in [6.45, 7) is 2.23. The SMILES string of the molecule is Cc1cccc([C@@]2(c3ccccc3)C3=C(CCCCCCCC3)c3ccccc32)c1. The van der Waals surface area contributed by atoms with Gasteiger partial charge in [-0.2, -0.15) is 0 Å². The first kappa shape index (κ1) is 19.4. The van der Waals surface area contributed by atoms with E-state index in [0.717, 1.165) is 0 Å². The molecule has 30 heavy (non-hydrogen) atoms. The molecule has 0 heterocycles. The molecule has 3 aromatic rings. The van der Waals surface area contributed by atoms with Crippen molar-refractivity contribution in [3.63, 3.8) is 0 Å². The number of benzene rings is 3. The molecule has 2 aliphatic carbocycles. The van der Waals surface area contributed by atoms with Gasteiger partial charge in [0, 0.05) is 0 Å². The highest BCUT2D eigenvalue weighted by Gasteiger charge is 2.46. The predicted octanol–water partition coefficient (Wildman–Crippen LogP) is 8.23. The zero-order valence-electron chi connectivity index (χ0n) is 18.2. The van der Waals surface area contributed by atoms with Crippen molar-refractivity contribution in [2.24, 2.45) is 0 Å². The van der Waals surface area contributed by atoms with Crippen molar-refractivity contribution >= 4 is 5.57 Å². The van der Waals surface area contributed by atoms with E-state index in [1.165, 1.54) is 79.2 Å². The maximum Gasteiger partial charge on any atom is 0.0673 e. The molecule has 0 saturated heterocycles. The van der Waals surface area contributed by atoms with Crippen LogP contribution in [0.15, 0.2) is 84.4 Å². The third kappa shape index (κ3) is 3.14. The lowest BCUT2D eigenvalue weighted by atomic mass is 9.65. The Morgan fingerprint density at radius 2 is 1.27 bits per heavy atom. The van der Waals surface area contributed by atoms with Crippen LogP contribution in [0.2, 0.25) is 0 Å². The molecule has 1 atom stereocenters. The van der Waals surface area contributed by atoms with Gasteiger partial charge in [0.25, 0.3) is 0 Å². The molecule has 0 radical (unpaired) electrons. The normalized spacial score (nSPS) is 21.8. The van der Waals surface area contributed by atoms with Crippen molar-refractivity contribution in [2.45, 2.75) is 63.7 Å². The highest BCUT2D eigenvalue weighted by Crippen LogP contribution is 2.57. The Morgan fingerprint density at radius 1 is 0.600 bits per heavy atom. The molecule has 3 aromatic carbocycles. The molecule has 5 rings (SSSR count). The molecule has 2 aliphatic rings. The van der Waals surface area contributed by atoms with Gasteiger partial charge in [-0.05, 0) is 66.0 Å². The van der Waals surface area contributed by atoms with Gasteiger partial charge in [-0.25, -0.2) is 0 Å². The summed E-state index contributed by atoms with van der Waals surface area (Å²) >= 11 is 0. The summed E-state index contributed by atoms with van der Waals surface area (Å²) in [6, 6.07) is 29.8. The van der Waals surface area contributed by atoms with E-state index in [0.29, 0.717) is 0 Å². The van der Waals surface area contributed by atoms with Gasteiger partial charge in [0.2, 0.25) is 0 Å². The molecule has 0 aliphatic heterocycles. The Labute approximate surface area is 181 Å². The minimum atomic E-state index is -0.154. The summed E-state index contributed by atoms with van der Waals surface area (Å²) in [4.78, 5) is 0. The van der Waals surface area contributed by atoms with E-state index < -0.39 is 0 Å². The second-order valence-corrected chi connectivity index (χ2v) is 9.11. The second-order valence-electron chi connectivity index (χ2n) is 9.11. The minimum Gasteiger partial charge on any atom is -0.0622 e. The molecule has 0 unspecified atom stereocenters. The van der Waals surface area contributed by atoms with Crippen LogP contribution in [0.4, 0.5) is 0 Å². The van der Waals surface area contributed by atoms with Gasteiger partial charge in [-0.3, -0.25) is 0 Å². The van der Waals surface area contributed by atoms with Gasteiger partial charge in [0.1, 0.15) is 0 Å². The Balaban J connectivity index is 1.84. The molecule has 0 N–H and O–H groups in total. The van der Waals surface area contributed by atoms with E-state index in [1.54, 1.807) is 11.1 Å². The maximum absolute atomic E-state index is 2.43. The zero-order valence-corrected chi connectivity index (χ0v) is 18.2. The van der Waals surface area contributed by atoms with Gasteiger partial charge < -0.3 is 0 Å². The standard InChI is InChI=1S/C30H32/c1-23-14-13-17-25(22-23)30(24-15-7-6-8-16-24)28-20-10-5-3-2-4-9-18-26(28)27-19-11-12-21-29(27)30/h6-8,11-17,19,21-22H,2-5,9-10,18,20H2,1H3/t30-/m0/s1. The van der Waals surface area contributed by atoms with Crippen molar-refractivity contribution in [3.8, 4) is 0 Å². The topological polar surface area (TPSA) is 0 Å². The van der Waals surface area contributed by atoms with E-state index >= 15 is 0 Å². The van der Waals surface area contributed by atoms with Crippen LogP contribution in [0.5, 0.6) is 0 Å². The first-order valence-corrected chi connectivity index (χ1v) is 11.8. The van der Waals surface area contributed by atoms with E-state index in [9.17, 15) is 0 Å². The van der Waals surface area contributed by atoms with Crippen LogP contribution in [-0.4, -0.2) is 0 Å². The Bertz CT molecular complexity index is 1060. The maximum atomic E-state index is 2.43. The molecule has 0 amide bonds. The van der Waals surface area contributed by atoms with Crippen molar-refractivity contribution in [2.75, 3.05) is 0 Å². The largest absolute Gasteiger partial charge is 0.0673 e. The smallest absolute Gasteiger partial charge is 0.0622 e. The molecular formula is C30H32. The first-order valence-electron chi connectivity index (χ1n) is 11.8. The lowest BCUT2D eigenvalue weighted by molar-refractivity contribution is 0.572. The molecule has 0 aromatic heterocycles. The van der Waals surface area contributed by atoms with E-state index in [1.807, 2.05) is 0 Å². The summed E-state index contributed by atoms with van der Waals surface area (Å²) in [5, 5.41) is 0. The fraction of sp³-hybridized carbons (Fsp3) is 0.333. The summed E-state index contributed by atoms with van der Waals surface area (Å²) < 4.78 is 0. The Kier molecular flexibility index (Phi) is 5.34. The number of hydrogen-bond donors (Lipinski definition) is 0. The molecule has 0 bridgehead atoms. The molecule has 152 valence electrons. The second kappa shape index (κ2) is 8.26. The van der Waals surface area contributed by atoms with Crippen molar-refractivity contribution in [3.05, 3.63) is 112 Å². The van der Waals surface area contributed by atoms with Gasteiger partial charge in [0.05, 0.1) is 5.41 Å². The van der Waals surface area contributed by atoms with Gasteiger partial charge >= 0.3 is 0 Å². The number of fused-ring (bicyclic) bond motifs is 2. The molecule has 0 nitrogen and oxygen atoms in total. The fourth-order valence-corrected chi connectivity index (χ4v) is 5.95. The minimum absolute atomic E-state index is 0.154. The molecule has 0 fully saturated rings. The zero-order chi connectivity index (χ0) is 20.4. The third-order valence-electron chi connectivity index (χ3n) is 7.23. The van der Waals surface area contributed by atoms with E-state index in [2.05, 4.69) is 85.8 Å². The highest BCUT2D eigenvalue weighted by atomic mass is 14.5. The average Bonchev–Trinajstić information content (AvgIpc) is 3.07. The van der Waals surface area contributed by atoms with Crippen LogP contribution >= 0.6 is 0 Å². The van der Waals surface area contributed by atoms with Crippen LogP contribution < -0.4 is 0 Å².